The minimum atomic E-state index is -0.481. The van der Waals surface area contributed by atoms with Crippen LogP contribution in [0.1, 0.15) is 27.8 Å². The lowest BCUT2D eigenvalue weighted by Gasteiger charge is -2.06. The van der Waals surface area contributed by atoms with Crippen LogP contribution in [-0.4, -0.2) is 22.3 Å². The van der Waals surface area contributed by atoms with Gasteiger partial charge in [-0.3, -0.25) is 14.8 Å². The molecule has 0 unspecified atom stereocenters. The van der Waals surface area contributed by atoms with Gasteiger partial charge in [-0.25, -0.2) is 9.38 Å². The molecule has 5 rings (SSSR count). The first-order valence-corrected chi connectivity index (χ1v) is 9.87. The summed E-state index contributed by atoms with van der Waals surface area (Å²) in [6.07, 6.45) is 3.97. The van der Waals surface area contributed by atoms with Crippen molar-refractivity contribution in [3.8, 4) is 0 Å². The monoisotopic (exact) mass is 418 g/mol. The molecule has 148 valence electrons. The third-order valence-corrected chi connectivity index (χ3v) is 5.52. The number of aliphatic imine (C=N–C) groups is 2. The van der Waals surface area contributed by atoms with E-state index in [1.165, 1.54) is 12.1 Å². The Balaban J connectivity index is 1.33. The molecule has 0 radical (unpaired) electrons. The number of carbonyl (C=O) groups excluding carboxylic acids is 1. The van der Waals surface area contributed by atoms with Crippen LogP contribution in [0.4, 0.5) is 10.1 Å². The predicted molar refractivity (Wildman–Crippen MR) is 114 cm³/mol. The summed E-state index contributed by atoms with van der Waals surface area (Å²) in [5.74, 6) is -0.722. The van der Waals surface area contributed by atoms with Gasteiger partial charge >= 0.3 is 0 Å². The third-order valence-electron chi connectivity index (χ3n) is 5.23. The molecule has 2 aliphatic rings. The Morgan fingerprint density at radius 1 is 1.10 bits per heavy atom. The van der Waals surface area contributed by atoms with E-state index >= 15 is 0 Å². The Morgan fingerprint density at radius 3 is 2.73 bits per heavy atom. The SMILES string of the molecule is O=C(NCc1ccc(F)c(Cl)c1)C1=Nc2cc3c(cc2C1)CN=C3c1ccncc1. The fourth-order valence-corrected chi connectivity index (χ4v) is 3.92. The van der Waals surface area contributed by atoms with Crippen LogP contribution in [0.25, 0.3) is 0 Å². The highest BCUT2D eigenvalue weighted by molar-refractivity contribution is 6.41. The lowest BCUT2D eigenvalue weighted by atomic mass is 9.97. The van der Waals surface area contributed by atoms with Crippen molar-refractivity contribution in [2.75, 3.05) is 0 Å². The van der Waals surface area contributed by atoms with Gasteiger partial charge in [-0.2, -0.15) is 0 Å². The van der Waals surface area contributed by atoms with Crippen LogP contribution in [0, 0.1) is 5.82 Å². The molecule has 3 aromatic rings. The highest BCUT2D eigenvalue weighted by Gasteiger charge is 2.25. The van der Waals surface area contributed by atoms with Gasteiger partial charge in [0.2, 0.25) is 0 Å². The molecule has 0 spiro atoms. The van der Waals surface area contributed by atoms with Crippen molar-refractivity contribution in [1.29, 1.82) is 0 Å². The molecule has 0 saturated carbocycles. The summed E-state index contributed by atoms with van der Waals surface area (Å²) in [7, 11) is 0. The summed E-state index contributed by atoms with van der Waals surface area (Å²) in [6, 6.07) is 12.4. The number of pyridine rings is 1. The zero-order chi connectivity index (χ0) is 20.7. The normalized spacial score (nSPS) is 14.1. The minimum absolute atomic E-state index is 0.0357. The number of rotatable bonds is 4. The zero-order valence-corrected chi connectivity index (χ0v) is 16.6. The molecule has 0 fully saturated rings. The zero-order valence-electron chi connectivity index (χ0n) is 15.8. The van der Waals surface area contributed by atoms with Gasteiger partial charge in [-0.15, -0.1) is 0 Å². The fourth-order valence-electron chi connectivity index (χ4n) is 3.72. The Hall–Kier alpha value is -3.38. The van der Waals surface area contributed by atoms with Crippen molar-refractivity contribution in [2.24, 2.45) is 9.98 Å². The maximum absolute atomic E-state index is 13.3. The standard InChI is InChI=1S/C23H16ClFN4O/c24-18-7-13(1-2-19(18)25)11-28-23(30)21-9-15-8-16-12-27-22(14-3-5-26-6-4-14)17(16)10-20(15)29-21/h1-8,10H,9,11-12H2,(H,28,30). The second kappa shape index (κ2) is 7.46. The molecule has 1 aromatic heterocycles. The van der Waals surface area contributed by atoms with Crippen LogP contribution in [0.3, 0.4) is 0 Å². The molecule has 1 N–H and O–H groups in total. The molecule has 30 heavy (non-hydrogen) atoms. The van der Waals surface area contributed by atoms with E-state index in [0.29, 0.717) is 18.7 Å². The van der Waals surface area contributed by atoms with E-state index in [9.17, 15) is 9.18 Å². The van der Waals surface area contributed by atoms with E-state index in [4.69, 9.17) is 11.6 Å². The summed E-state index contributed by atoms with van der Waals surface area (Å²) in [5, 5.41) is 2.87. The highest BCUT2D eigenvalue weighted by atomic mass is 35.5. The van der Waals surface area contributed by atoms with E-state index in [-0.39, 0.29) is 17.5 Å². The van der Waals surface area contributed by atoms with Crippen molar-refractivity contribution in [3.63, 3.8) is 0 Å². The summed E-state index contributed by atoms with van der Waals surface area (Å²) in [4.78, 5) is 25.9. The average Bonchev–Trinajstić information content (AvgIpc) is 3.36. The molecular formula is C23H16ClFN4O. The molecule has 2 aromatic carbocycles. The molecule has 7 heteroatoms. The van der Waals surface area contributed by atoms with Gasteiger partial charge in [0.15, 0.2) is 0 Å². The molecule has 5 nitrogen and oxygen atoms in total. The van der Waals surface area contributed by atoms with Gasteiger partial charge in [0.1, 0.15) is 11.5 Å². The first-order valence-electron chi connectivity index (χ1n) is 9.49. The van der Waals surface area contributed by atoms with Crippen molar-refractivity contribution in [1.82, 2.24) is 10.3 Å². The van der Waals surface area contributed by atoms with Crippen LogP contribution >= 0.6 is 11.6 Å². The maximum atomic E-state index is 13.3. The molecule has 2 aliphatic heterocycles. The molecule has 0 bridgehead atoms. The van der Waals surface area contributed by atoms with Crippen molar-refractivity contribution in [2.45, 2.75) is 19.5 Å². The van der Waals surface area contributed by atoms with E-state index < -0.39 is 5.82 Å². The van der Waals surface area contributed by atoms with Crippen LogP contribution in [-0.2, 0) is 24.3 Å². The van der Waals surface area contributed by atoms with Crippen LogP contribution < -0.4 is 5.32 Å². The summed E-state index contributed by atoms with van der Waals surface area (Å²) >= 11 is 5.80. The van der Waals surface area contributed by atoms with Gasteiger partial charge in [0.05, 0.1) is 23.0 Å². The Morgan fingerprint density at radius 2 is 1.93 bits per heavy atom. The number of nitrogens with one attached hydrogen (secondary N) is 1. The number of hydrogen-bond donors (Lipinski definition) is 1. The second-order valence-corrected chi connectivity index (χ2v) is 7.61. The number of hydrogen-bond acceptors (Lipinski definition) is 4. The number of halogens is 2. The number of fused-ring (bicyclic) bond motifs is 2. The quantitative estimate of drug-likeness (QED) is 0.691. The first kappa shape index (κ1) is 18.6. The number of carbonyl (C=O) groups is 1. The number of aromatic nitrogens is 1. The van der Waals surface area contributed by atoms with Crippen molar-refractivity contribution < 1.29 is 9.18 Å². The molecule has 1 amide bonds. The summed E-state index contributed by atoms with van der Waals surface area (Å²) in [6.45, 7) is 0.872. The molecule has 0 aliphatic carbocycles. The average molecular weight is 419 g/mol. The fraction of sp³-hybridized carbons (Fsp3) is 0.130. The largest absolute Gasteiger partial charge is 0.347 e. The lowest BCUT2D eigenvalue weighted by molar-refractivity contribution is -0.115. The first-order chi connectivity index (χ1) is 14.6. The second-order valence-electron chi connectivity index (χ2n) is 7.21. The van der Waals surface area contributed by atoms with Gasteiger partial charge in [0.25, 0.3) is 5.91 Å². The van der Waals surface area contributed by atoms with Gasteiger partial charge in [-0.05, 0) is 47.0 Å². The van der Waals surface area contributed by atoms with E-state index in [1.54, 1.807) is 18.5 Å². The number of nitrogens with zero attached hydrogens (tertiary/aromatic N) is 3. The Bertz CT molecular complexity index is 1240. The Labute approximate surface area is 177 Å². The third kappa shape index (κ3) is 3.39. The van der Waals surface area contributed by atoms with Crippen molar-refractivity contribution >= 4 is 34.6 Å². The Kier molecular flexibility index (Phi) is 4.64. The minimum Gasteiger partial charge on any atom is -0.347 e. The van der Waals surface area contributed by atoms with Crippen LogP contribution in [0.5, 0.6) is 0 Å². The van der Waals surface area contributed by atoms with Gasteiger partial charge < -0.3 is 5.32 Å². The van der Waals surface area contributed by atoms with E-state index in [1.807, 2.05) is 18.2 Å². The molecular weight excluding hydrogens is 403 g/mol. The highest BCUT2D eigenvalue weighted by Crippen LogP contribution is 2.34. The maximum Gasteiger partial charge on any atom is 0.266 e. The van der Waals surface area contributed by atoms with Crippen molar-refractivity contribution in [3.05, 3.63) is 93.5 Å². The molecule has 0 atom stereocenters. The number of amides is 1. The van der Waals surface area contributed by atoms with E-state index in [0.717, 1.165) is 39.2 Å². The number of benzene rings is 2. The smallest absolute Gasteiger partial charge is 0.266 e. The molecule has 3 heterocycles. The summed E-state index contributed by atoms with van der Waals surface area (Å²) < 4.78 is 13.3. The predicted octanol–water partition coefficient (Wildman–Crippen LogP) is 4.17. The van der Waals surface area contributed by atoms with E-state index in [2.05, 4.69) is 26.4 Å². The topological polar surface area (TPSA) is 66.7 Å². The molecule has 0 saturated heterocycles. The van der Waals surface area contributed by atoms with Gasteiger partial charge in [0, 0.05) is 36.5 Å². The van der Waals surface area contributed by atoms with Crippen LogP contribution in [0.15, 0.2) is 64.8 Å². The summed E-state index contributed by atoms with van der Waals surface area (Å²) in [5.41, 5.74) is 7.14. The van der Waals surface area contributed by atoms with Crippen LogP contribution in [0.2, 0.25) is 5.02 Å². The lowest BCUT2D eigenvalue weighted by Crippen LogP contribution is -2.30. The van der Waals surface area contributed by atoms with Gasteiger partial charge in [-0.1, -0.05) is 23.7 Å².